The van der Waals surface area contributed by atoms with Gasteiger partial charge in [0.25, 0.3) is 5.91 Å². The fourth-order valence-corrected chi connectivity index (χ4v) is 3.72. The molecule has 0 saturated carbocycles. The van der Waals surface area contributed by atoms with Crippen LogP contribution in [0.2, 0.25) is 0 Å². The minimum Gasteiger partial charge on any atom is -0.478 e. The molecule has 2 aromatic heterocycles. The van der Waals surface area contributed by atoms with Gasteiger partial charge >= 0.3 is 11.5 Å². The van der Waals surface area contributed by atoms with Crippen LogP contribution in [-0.4, -0.2) is 56.8 Å². The number of halogens is 3. The number of aromatic carboxylic acids is 1. The molecule has 1 atom stereocenters. The van der Waals surface area contributed by atoms with E-state index >= 15 is 0 Å². The highest BCUT2D eigenvalue weighted by atomic mass is 35.5. The summed E-state index contributed by atoms with van der Waals surface area (Å²) in [7, 11) is 0. The summed E-state index contributed by atoms with van der Waals surface area (Å²) in [6.07, 6.45) is 4.02. The number of carbonyl (C=O) groups is 2. The number of pyridine rings is 2. The van der Waals surface area contributed by atoms with Crippen molar-refractivity contribution in [3.05, 3.63) is 66.1 Å². The molecule has 4 N–H and O–H groups in total. The van der Waals surface area contributed by atoms with E-state index in [-0.39, 0.29) is 22.6 Å². The number of ether oxygens (including phenoxy) is 1. The third kappa shape index (κ3) is 6.15. The maximum absolute atomic E-state index is 12.9. The monoisotopic (exact) mass is 519 g/mol. The van der Waals surface area contributed by atoms with Gasteiger partial charge in [-0.05, 0) is 42.8 Å². The molecule has 0 bridgehead atoms. The van der Waals surface area contributed by atoms with Crippen molar-refractivity contribution >= 4 is 46.4 Å². The summed E-state index contributed by atoms with van der Waals surface area (Å²) < 4.78 is 29.8. The number of aliphatic hydroxyl groups is 1. The Morgan fingerprint density at radius 1 is 1.17 bits per heavy atom. The predicted molar refractivity (Wildman–Crippen MR) is 127 cm³/mol. The lowest BCUT2D eigenvalue weighted by Crippen LogP contribution is -2.24. The molecular formula is C23H20ClF2N5O5. The van der Waals surface area contributed by atoms with Gasteiger partial charge < -0.3 is 30.5 Å². The summed E-state index contributed by atoms with van der Waals surface area (Å²) in [5, 5.41) is 25.1. The summed E-state index contributed by atoms with van der Waals surface area (Å²) >= 11 is 4.75. The van der Waals surface area contributed by atoms with Crippen LogP contribution in [0.15, 0.2) is 55.0 Å². The number of carboxylic acid groups (broad SMARTS) is 1. The van der Waals surface area contributed by atoms with Crippen LogP contribution in [0.1, 0.15) is 27.1 Å². The van der Waals surface area contributed by atoms with Gasteiger partial charge in [0.1, 0.15) is 5.75 Å². The molecule has 13 heteroatoms. The van der Waals surface area contributed by atoms with Crippen LogP contribution in [0.5, 0.6) is 5.75 Å². The number of hydrogen-bond acceptors (Lipinski definition) is 8. The third-order valence-corrected chi connectivity index (χ3v) is 5.34. The fourth-order valence-electron chi connectivity index (χ4n) is 3.63. The smallest absolute Gasteiger partial charge is 0.478 e. The molecule has 36 heavy (non-hydrogen) atoms. The van der Waals surface area contributed by atoms with Crippen molar-refractivity contribution in [2.24, 2.45) is 0 Å². The normalized spacial score (nSPS) is 15.4. The Balaban J connectivity index is 1.60. The van der Waals surface area contributed by atoms with Crippen LogP contribution >= 0.6 is 11.6 Å². The van der Waals surface area contributed by atoms with Crippen LogP contribution in [0.3, 0.4) is 0 Å². The summed E-state index contributed by atoms with van der Waals surface area (Å²) in [5.74, 6) is -1.49. The van der Waals surface area contributed by atoms with E-state index in [0.29, 0.717) is 36.7 Å². The Labute approximate surface area is 208 Å². The van der Waals surface area contributed by atoms with Crippen molar-refractivity contribution in [3.8, 4) is 5.75 Å². The number of aliphatic hydroxyl groups excluding tert-OH is 1. The summed E-state index contributed by atoms with van der Waals surface area (Å²) in [4.78, 5) is 34.7. The zero-order chi connectivity index (χ0) is 25.9. The number of nitrogens with zero attached hydrogens (tertiary/aromatic N) is 3. The number of alkyl halides is 3. The fraction of sp³-hybridized carbons (Fsp3) is 0.217. The van der Waals surface area contributed by atoms with Crippen molar-refractivity contribution in [2.45, 2.75) is 18.1 Å². The molecule has 0 spiro atoms. The SMILES string of the molecule is O=C(Nc1ccc(OC(F)(F)Cl)cc1)c1cnc(N2CCC(O)C2)c(Nc2cnccc2C(=O)O)c1. The van der Waals surface area contributed by atoms with Gasteiger partial charge in [-0.25, -0.2) is 9.78 Å². The molecule has 1 aliphatic heterocycles. The Morgan fingerprint density at radius 3 is 2.56 bits per heavy atom. The van der Waals surface area contributed by atoms with E-state index < -0.39 is 23.5 Å². The van der Waals surface area contributed by atoms with E-state index in [9.17, 15) is 28.6 Å². The van der Waals surface area contributed by atoms with Gasteiger partial charge in [-0.2, -0.15) is 0 Å². The highest BCUT2D eigenvalue weighted by Crippen LogP contribution is 2.32. The lowest BCUT2D eigenvalue weighted by Gasteiger charge is -2.22. The second kappa shape index (κ2) is 10.3. The highest BCUT2D eigenvalue weighted by molar-refractivity contribution is 6.20. The number of anilines is 4. The number of carbonyl (C=O) groups excluding carboxylic acids is 1. The van der Waals surface area contributed by atoms with Crippen LogP contribution in [0.4, 0.5) is 31.7 Å². The van der Waals surface area contributed by atoms with Crippen molar-refractivity contribution in [3.63, 3.8) is 0 Å². The molecule has 1 amide bonds. The van der Waals surface area contributed by atoms with Crippen molar-refractivity contribution in [1.82, 2.24) is 9.97 Å². The Bertz CT molecular complexity index is 1270. The molecule has 3 aromatic rings. The molecule has 1 saturated heterocycles. The second-order valence-corrected chi connectivity index (χ2v) is 8.30. The van der Waals surface area contributed by atoms with Gasteiger partial charge in [0.2, 0.25) is 0 Å². The van der Waals surface area contributed by atoms with Crippen LogP contribution < -0.4 is 20.3 Å². The first kappa shape index (κ1) is 25.1. The molecule has 1 aliphatic rings. The van der Waals surface area contributed by atoms with Crippen molar-refractivity contribution < 1.29 is 33.3 Å². The van der Waals surface area contributed by atoms with E-state index in [1.165, 1.54) is 55.0 Å². The molecule has 4 rings (SSSR count). The van der Waals surface area contributed by atoms with Crippen LogP contribution in [0.25, 0.3) is 0 Å². The second-order valence-electron chi connectivity index (χ2n) is 7.86. The zero-order valence-corrected chi connectivity index (χ0v) is 19.2. The maximum atomic E-state index is 12.9. The van der Waals surface area contributed by atoms with Crippen molar-refractivity contribution in [2.75, 3.05) is 28.6 Å². The van der Waals surface area contributed by atoms with Gasteiger partial charge in [0.15, 0.2) is 5.82 Å². The number of β-amino-alcohol motifs (C(OH)–C–C–N with tert-alkyl or cyclic N) is 1. The Hall–Kier alpha value is -4.03. The topological polar surface area (TPSA) is 137 Å². The average Bonchev–Trinajstić information content (AvgIpc) is 3.25. The van der Waals surface area contributed by atoms with E-state index in [4.69, 9.17) is 11.6 Å². The standard InChI is InChI=1S/C23H20ClF2N5O5/c24-23(25,26)36-16-3-1-14(2-4-16)29-21(33)13-9-18(20(28-10-13)31-8-6-15(32)12-31)30-19-11-27-7-5-17(19)22(34)35/h1-5,7,9-11,15,30,32H,6,8,12H2,(H,29,33)(H,34,35). The number of rotatable bonds is 8. The number of aromatic nitrogens is 2. The molecule has 0 radical (unpaired) electrons. The quantitative estimate of drug-likeness (QED) is 0.326. The summed E-state index contributed by atoms with van der Waals surface area (Å²) in [6, 6.07) is 7.98. The predicted octanol–water partition coefficient (Wildman–Crippen LogP) is 3.91. The minimum absolute atomic E-state index is 0.0305. The number of hydrogen-bond donors (Lipinski definition) is 4. The maximum Gasteiger partial charge on any atom is 0.487 e. The van der Waals surface area contributed by atoms with Gasteiger partial charge in [-0.15, -0.1) is 8.78 Å². The van der Waals surface area contributed by atoms with Gasteiger partial charge in [-0.3, -0.25) is 9.78 Å². The van der Waals surface area contributed by atoms with E-state index in [1.807, 2.05) is 4.90 Å². The van der Waals surface area contributed by atoms with Gasteiger partial charge in [-0.1, -0.05) is 0 Å². The summed E-state index contributed by atoms with van der Waals surface area (Å²) in [6.45, 7) is 0.838. The first-order valence-electron chi connectivity index (χ1n) is 10.6. The molecule has 3 heterocycles. The van der Waals surface area contributed by atoms with Gasteiger partial charge in [0, 0.05) is 42.8 Å². The van der Waals surface area contributed by atoms with Crippen LogP contribution in [0, 0.1) is 0 Å². The van der Waals surface area contributed by atoms with Crippen LogP contribution in [-0.2, 0) is 0 Å². The number of nitrogens with one attached hydrogen (secondary N) is 2. The summed E-state index contributed by atoms with van der Waals surface area (Å²) in [5.41, 5.74) is -2.93. The molecule has 10 nitrogen and oxygen atoms in total. The molecule has 1 unspecified atom stereocenters. The van der Waals surface area contributed by atoms with E-state index in [1.54, 1.807) is 0 Å². The van der Waals surface area contributed by atoms with Gasteiger partial charge in [0.05, 0.1) is 34.8 Å². The Morgan fingerprint density at radius 2 is 1.92 bits per heavy atom. The third-order valence-electron chi connectivity index (χ3n) is 5.26. The van der Waals surface area contributed by atoms with Crippen molar-refractivity contribution in [1.29, 1.82) is 0 Å². The van der Waals surface area contributed by atoms with E-state index in [2.05, 4.69) is 25.3 Å². The first-order chi connectivity index (χ1) is 17.1. The molecular weight excluding hydrogens is 500 g/mol. The minimum atomic E-state index is -3.86. The number of carboxylic acids is 1. The molecule has 1 fully saturated rings. The molecule has 0 aliphatic carbocycles. The van der Waals surface area contributed by atoms with E-state index in [0.717, 1.165) is 0 Å². The number of amides is 1. The molecule has 188 valence electrons. The average molecular weight is 520 g/mol. The first-order valence-corrected chi connectivity index (χ1v) is 11.0. The Kier molecular flexibility index (Phi) is 7.17. The molecule has 1 aromatic carbocycles. The lowest BCUT2D eigenvalue weighted by molar-refractivity contribution is -0.0964. The zero-order valence-electron chi connectivity index (χ0n) is 18.5. The largest absolute Gasteiger partial charge is 0.487 e. The highest BCUT2D eigenvalue weighted by Gasteiger charge is 2.28. The number of benzene rings is 1. The lowest BCUT2D eigenvalue weighted by atomic mass is 10.2.